The van der Waals surface area contributed by atoms with Gasteiger partial charge in [-0.1, -0.05) is 37.8 Å². The molecule has 0 saturated heterocycles. The van der Waals surface area contributed by atoms with E-state index in [0.717, 1.165) is 12.8 Å². The number of amides is 1. The molecular formula is C17H23N3O3S. The van der Waals surface area contributed by atoms with Gasteiger partial charge in [-0.05, 0) is 25.0 Å². The van der Waals surface area contributed by atoms with Crippen molar-refractivity contribution >= 4 is 21.8 Å². The number of hydrogen-bond donors (Lipinski definition) is 2. The van der Waals surface area contributed by atoms with Crippen molar-refractivity contribution < 1.29 is 13.2 Å². The maximum atomic E-state index is 12.1. The van der Waals surface area contributed by atoms with Gasteiger partial charge in [0.1, 0.15) is 5.84 Å². The zero-order chi connectivity index (χ0) is 17.0. The number of sulfonamides is 1. The SMILES string of the molecule is O=C(CCN=C1NS(=O)(=O)c2ccccc21)NC1CCCCCC1. The molecule has 1 amide bonds. The zero-order valence-corrected chi connectivity index (χ0v) is 14.4. The van der Waals surface area contributed by atoms with Crippen molar-refractivity contribution in [3.63, 3.8) is 0 Å². The first-order valence-electron chi connectivity index (χ1n) is 8.52. The van der Waals surface area contributed by atoms with E-state index in [0.29, 0.717) is 11.4 Å². The van der Waals surface area contributed by atoms with Crippen LogP contribution in [0.2, 0.25) is 0 Å². The normalized spacial score (nSPS) is 21.8. The Labute approximate surface area is 142 Å². The number of amidine groups is 1. The van der Waals surface area contributed by atoms with Crippen molar-refractivity contribution in [1.82, 2.24) is 10.0 Å². The summed E-state index contributed by atoms with van der Waals surface area (Å²) < 4.78 is 26.4. The third-order valence-electron chi connectivity index (χ3n) is 4.49. The van der Waals surface area contributed by atoms with Crippen LogP contribution >= 0.6 is 0 Å². The lowest BCUT2D eigenvalue weighted by Gasteiger charge is -2.15. The molecule has 130 valence electrons. The van der Waals surface area contributed by atoms with Gasteiger partial charge in [0.05, 0.1) is 11.4 Å². The summed E-state index contributed by atoms with van der Waals surface area (Å²) in [5.74, 6) is 0.313. The van der Waals surface area contributed by atoms with Crippen molar-refractivity contribution in [1.29, 1.82) is 0 Å². The van der Waals surface area contributed by atoms with Gasteiger partial charge in [-0.25, -0.2) is 8.42 Å². The monoisotopic (exact) mass is 349 g/mol. The zero-order valence-electron chi connectivity index (χ0n) is 13.6. The van der Waals surface area contributed by atoms with E-state index < -0.39 is 10.0 Å². The number of aliphatic imine (C=N–C) groups is 1. The summed E-state index contributed by atoms with van der Waals surface area (Å²) in [7, 11) is -3.51. The highest BCUT2D eigenvalue weighted by atomic mass is 32.2. The van der Waals surface area contributed by atoms with Gasteiger partial charge in [0.2, 0.25) is 5.91 Å². The van der Waals surface area contributed by atoms with E-state index >= 15 is 0 Å². The Morgan fingerprint density at radius 1 is 1.17 bits per heavy atom. The first-order chi connectivity index (χ1) is 11.6. The van der Waals surface area contributed by atoms with E-state index in [4.69, 9.17) is 0 Å². The highest BCUT2D eigenvalue weighted by Crippen LogP contribution is 2.22. The molecule has 1 saturated carbocycles. The Morgan fingerprint density at radius 3 is 2.62 bits per heavy atom. The molecule has 1 heterocycles. The molecule has 1 aromatic rings. The van der Waals surface area contributed by atoms with Gasteiger partial charge in [-0.3, -0.25) is 14.5 Å². The second-order valence-corrected chi connectivity index (χ2v) is 7.99. The molecule has 0 bridgehead atoms. The summed E-state index contributed by atoms with van der Waals surface area (Å²) in [5.41, 5.74) is 0.571. The number of carbonyl (C=O) groups is 1. The van der Waals surface area contributed by atoms with Crippen LogP contribution in [0.1, 0.15) is 50.5 Å². The molecule has 0 atom stereocenters. The predicted molar refractivity (Wildman–Crippen MR) is 92.4 cm³/mol. The van der Waals surface area contributed by atoms with Gasteiger partial charge in [-0.2, -0.15) is 0 Å². The van der Waals surface area contributed by atoms with E-state index in [2.05, 4.69) is 15.0 Å². The standard InChI is InChI=1S/C17H23N3O3S/c21-16(19-13-7-3-1-2-4-8-13)11-12-18-17-14-9-5-6-10-15(14)24(22,23)20-17/h5-6,9-10,13H,1-4,7-8,11-12H2,(H,18,20)(H,19,21). The average Bonchev–Trinajstić information content (AvgIpc) is 2.72. The van der Waals surface area contributed by atoms with Crippen LogP contribution in [-0.2, 0) is 14.8 Å². The fourth-order valence-corrected chi connectivity index (χ4v) is 4.50. The predicted octanol–water partition coefficient (Wildman–Crippen LogP) is 1.95. The second kappa shape index (κ2) is 7.34. The number of rotatable bonds is 4. The van der Waals surface area contributed by atoms with Crippen LogP contribution in [-0.4, -0.2) is 32.7 Å². The largest absolute Gasteiger partial charge is 0.353 e. The molecule has 1 aliphatic carbocycles. The number of carbonyl (C=O) groups excluding carboxylic acids is 1. The number of nitrogens with zero attached hydrogens (tertiary/aromatic N) is 1. The smallest absolute Gasteiger partial charge is 0.263 e. The highest BCUT2D eigenvalue weighted by Gasteiger charge is 2.29. The van der Waals surface area contributed by atoms with Gasteiger partial charge in [-0.15, -0.1) is 0 Å². The Balaban J connectivity index is 1.56. The number of fused-ring (bicyclic) bond motifs is 1. The van der Waals surface area contributed by atoms with E-state index in [1.807, 2.05) is 0 Å². The summed E-state index contributed by atoms with van der Waals surface area (Å²) >= 11 is 0. The van der Waals surface area contributed by atoms with Crippen LogP contribution in [0, 0.1) is 0 Å². The van der Waals surface area contributed by atoms with Gasteiger partial charge in [0.25, 0.3) is 10.0 Å². The molecule has 2 N–H and O–H groups in total. The topological polar surface area (TPSA) is 87.6 Å². The van der Waals surface area contributed by atoms with Gasteiger partial charge < -0.3 is 5.32 Å². The quantitative estimate of drug-likeness (QED) is 0.815. The average molecular weight is 349 g/mol. The maximum absolute atomic E-state index is 12.1. The van der Waals surface area contributed by atoms with Crippen LogP contribution < -0.4 is 10.0 Å². The third kappa shape index (κ3) is 3.95. The molecule has 0 spiro atoms. The molecule has 0 radical (unpaired) electrons. The number of nitrogens with one attached hydrogen (secondary N) is 2. The minimum Gasteiger partial charge on any atom is -0.353 e. The third-order valence-corrected chi connectivity index (χ3v) is 5.89. The first kappa shape index (κ1) is 17.0. The number of hydrogen-bond acceptors (Lipinski definition) is 4. The van der Waals surface area contributed by atoms with E-state index in [1.165, 1.54) is 25.7 Å². The lowest BCUT2D eigenvalue weighted by Crippen LogP contribution is -2.34. The van der Waals surface area contributed by atoms with Gasteiger partial charge in [0.15, 0.2) is 0 Å². The minimum absolute atomic E-state index is 0.0135. The number of benzene rings is 1. The van der Waals surface area contributed by atoms with Crippen LogP contribution in [0.3, 0.4) is 0 Å². The summed E-state index contributed by atoms with van der Waals surface area (Å²) in [6.07, 6.45) is 7.21. The molecule has 1 aliphatic heterocycles. The lowest BCUT2D eigenvalue weighted by molar-refractivity contribution is -0.121. The molecule has 3 rings (SSSR count). The summed E-state index contributed by atoms with van der Waals surface area (Å²) in [4.78, 5) is 16.6. The van der Waals surface area contributed by atoms with Crippen LogP contribution in [0.5, 0.6) is 0 Å². The molecule has 1 fully saturated rings. The Kier molecular flexibility index (Phi) is 5.18. The molecule has 24 heavy (non-hydrogen) atoms. The molecular weight excluding hydrogens is 326 g/mol. The lowest BCUT2D eigenvalue weighted by atomic mass is 10.1. The van der Waals surface area contributed by atoms with Crippen molar-refractivity contribution in [2.45, 2.75) is 55.9 Å². The van der Waals surface area contributed by atoms with Crippen LogP contribution in [0.4, 0.5) is 0 Å². The molecule has 7 heteroatoms. The van der Waals surface area contributed by atoms with E-state index in [1.54, 1.807) is 24.3 Å². The second-order valence-electron chi connectivity index (χ2n) is 6.34. The first-order valence-corrected chi connectivity index (χ1v) is 10.0. The molecule has 6 nitrogen and oxygen atoms in total. The Bertz CT molecular complexity index is 735. The molecule has 0 aromatic heterocycles. The van der Waals surface area contributed by atoms with Crippen LogP contribution in [0.25, 0.3) is 0 Å². The minimum atomic E-state index is -3.51. The van der Waals surface area contributed by atoms with Gasteiger partial charge in [0, 0.05) is 18.0 Å². The van der Waals surface area contributed by atoms with Crippen LogP contribution in [0.15, 0.2) is 34.2 Å². The molecule has 1 aromatic carbocycles. The van der Waals surface area contributed by atoms with E-state index in [9.17, 15) is 13.2 Å². The summed E-state index contributed by atoms with van der Waals surface area (Å²) in [5, 5.41) is 3.07. The molecule has 0 unspecified atom stereocenters. The fourth-order valence-electron chi connectivity index (χ4n) is 3.24. The van der Waals surface area contributed by atoms with Crippen molar-refractivity contribution in [3.05, 3.63) is 29.8 Å². The maximum Gasteiger partial charge on any atom is 0.263 e. The van der Waals surface area contributed by atoms with E-state index in [-0.39, 0.29) is 29.8 Å². The fraction of sp³-hybridized carbons (Fsp3) is 0.529. The van der Waals surface area contributed by atoms with Gasteiger partial charge >= 0.3 is 0 Å². The van der Waals surface area contributed by atoms with Crippen molar-refractivity contribution in [2.75, 3.05) is 6.54 Å². The molecule has 2 aliphatic rings. The Morgan fingerprint density at radius 2 is 1.88 bits per heavy atom. The van der Waals surface area contributed by atoms with Crippen molar-refractivity contribution in [2.24, 2.45) is 4.99 Å². The summed E-state index contributed by atoms with van der Waals surface area (Å²) in [6, 6.07) is 7.01. The summed E-state index contributed by atoms with van der Waals surface area (Å²) in [6.45, 7) is 0.269. The Hall–Kier alpha value is -1.89. The van der Waals surface area contributed by atoms with Crippen molar-refractivity contribution in [3.8, 4) is 0 Å². The highest BCUT2D eigenvalue weighted by molar-refractivity contribution is 7.90.